The molecule has 0 aliphatic rings. The highest BCUT2D eigenvalue weighted by Crippen LogP contribution is 2.33. The number of anilines is 2. The van der Waals surface area contributed by atoms with Gasteiger partial charge in [0, 0.05) is 50.4 Å². The molecule has 3 amide bonds. The van der Waals surface area contributed by atoms with E-state index >= 15 is 4.39 Å². The van der Waals surface area contributed by atoms with Crippen LogP contribution in [0.2, 0.25) is 0 Å². The first-order valence-electron chi connectivity index (χ1n) is 15.9. The van der Waals surface area contributed by atoms with Gasteiger partial charge in [-0.2, -0.15) is 0 Å². The third kappa shape index (κ3) is 14.3. The number of esters is 1. The van der Waals surface area contributed by atoms with Gasteiger partial charge in [-0.15, -0.1) is 0 Å². The van der Waals surface area contributed by atoms with E-state index in [-0.39, 0.29) is 29.9 Å². The van der Waals surface area contributed by atoms with Crippen LogP contribution in [0.3, 0.4) is 0 Å². The molecule has 2 aromatic carbocycles. The van der Waals surface area contributed by atoms with Gasteiger partial charge < -0.3 is 29.9 Å². The number of amides is 3. The molecule has 0 radical (unpaired) electrons. The second-order valence-electron chi connectivity index (χ2n) is 13.7. The zero-order valence-electron chi connectivity index (χ0n) is 30.2. The summed E-state index contributed by atoms with van der Waals surface area (Å²) in [6, 6.07) is 11.6. The van der Waals surface area contributed by atoms with E-state index in [2.05, 4.69) is 10.6 Å². The number of allylic oxidation sites excluding steroid dienone is 3. The molecule has 49 heavy (non-hydrogen) atoms. The van der Waals surface area contributed by atoms with Crippen LogP contribution in [0.1, 0.15) is 84.2 Å². The Hall–Kier alpha value is -5.00. The van der Waals surface area contributed by atoms with Gasteiger partial charge in [-0.1, -0.05) is 36.4 Å². The fourth-order valence-corrected chi connectivity index (χ4v) is 4.33. The van der Waals surface area contributed by atoms with E-state index in [0.717, 1.165) is 11.6 Å². The minimum absolute atomic E-state index is 0.0251. The largest absolute Gasteiger partial charge is 0.457 e. The Morgan fingerprint density at radius 2 is 1.47 bits per heavy atom. The van der Waals surface area contributed by atoms with E-state index in [1.807, 2.05) is 30.3 Å². The molecule has 0 heterocycles. The van der Waals surface area contributed by atoms with Crippen molar-refractivity contribution in [3.8, 4) is 0 Å². The highest BCUT2D eigenvalue weighted by Gasteiger charge is 2.25. The minimum atomic E-state index is -0.744. The van der Waals surface area contributed by atoms with E-state index in [1.165, 1.54) is 30.2 Å². The molecule has 0 saturated carbocycles. The molecule has 2 N–H and O–H groups in total. The van der Waals surface area contributed by atoms with Crippen LogP contribution in [-0.2, 0) is 30.4 Å². The summed E-state index contributed by atoms with van der Waals surface area (Å²) >= 11 is 0. The van der Waals surface area contributed by atoms with Crippen molar-refractivity contribution in [3.05, 3.63) is 82.8 Å². The molecule has 2 rings (SSSR count). The fourth-order valence-electron chi connectivity index (χ4n) is 4.33. The van der Waals surface area contributed by atoms with Gasteiger partial charge >= 0.3 is 12.1 Å². The van der Waals surface area contributed by atoms with E-state index in [9.17, 15) is 24.0 Å². The maximum atomic E-state index is 15.1. The number of halogens is 1. The number of nitrogens with zero attached hydrogens (tertiary/aromatic N) is 2. The lowest BCUT2D eigenvalue weighted by Crippen LogP contribution is -2.35. The van der Waals surface area contributed by atoms with Crippen molar-refractivity contribution in [1.29, 1.82) is 0 Å². The standard InChI is InChI=1S/C37H49FN4O7/c1-24(34(46)48-36(3,4)5)16-17-25(2)39-31(44)22-32(45)40-33-28(30(43)18-19-41(9)35(47)49-37(6,7)8)20-27(38)21-29(33)42(10)23-26-14-12-11-13-15-26/h11-17,20-21H,18-19,22-23H2,1-10H3,(H,39,44)(H,40,45)/b24-16+,25-17+. The zero-order chi connectivity index (χ0) is 37.1. The SMILES string of the molecule is C/C(=C\C=C(/C)C(=O)OC(C)(C)C)NC(=O)CC(=O)Nc1c(C(=O)CCN(C)C(=O)OC(C)(C)C)cc(F)cc1N(C)Cc1ccccc1. The average molecular weight is 681 g/mol. The van der Waals surface area contributed by atoms with Gasteiger partial charge in [-0.25, -0.2) is 14.0 Å². The van der Waals surface area contributed by atoms with E-state index in [1.54, 1.807) is 67.3 Å². The highest BCUT2D eigenvalue weighted by molar-refractivity contribution is 6.11. The molecule has 266 valence electrons. The summed E-state index contributed by atoms with van der Waals surface area (Å²) in [5.74, 6) is -3.13. The number of ketones is 1. The predicted octanol–water partition coefficient (Wildman–Crippen LogP) is 6.54. The molecular formula is C37H49FN4O7. The number of benzene rings is 2. The van der Waals surface area contributed by atoms with Gasteiger partial charge in [0.2, 0.25) is 11.8 Å². The van der Waals surface area contributed by atoms with Crippen molar-refractivity contribution >= 4 is 41.0 Å². The quantitative estimate of drug-likeness (QED) is 0.0801. The third-order valence-electron chi connectivity index (χ3n) is 6.66. The lowest BCUT2D eigenvalue weighted by atomic mass is 10.0. The van der Waals surface area contributed by atoms with E-state index in [0.29, 0.717) is 17.8 Å². The zero-order valence-corrected chi connectivity index (χ0v) is 30.2. The lowest BCUT2D eigenvalue weighted by Gasteiger charge is -2.26. The van der Waals surface area contributed by atoms with Crippen LogP contribution >= 0.6 is 0 Å². The Bertz CT molecular complexity index is 1590. The van der Waals surface area contributed by atoms with Crippen molar-refractivity contribution in [2.24, 2.45) is 0 Å². The second-order valence-corrected chi connectivity index (χ2v) is 13.7. The molecule has 0 fully saturated rings. The summed E-state index contributed by atoms with van der Waals surface area (Å²) < 4.78 is 25.7. The average Bonchev–Trinajstić information content (AvgIpc) is 2.97. The van der Waals surface area contributed by atoms with Crippen LogP contribution in [0.5, 0.6) is 0 Å². The molecule has 0 aromatic heterocycles. The summed E-state index contributed by atoms with van der Waals surface area (Å²) in [6.07, 6.45) is 1.58. The van der Waals surface area contributed by atoms with Crippen LogP contribution in [0.4, 0.5) is 20.6 Å². The van der Waals surface area contributed by atoms with Crippen LogP contribution in [0, 0.1) is 5.82 Å². The van der Waals surface area contributed by atoms with Gasteiger partial charge in [-0.3, -0.25) is 14.4 Å². The Kier molecular flexibility index (Phi) is 14.3. The Morgan fingerprint density at radius 1 is 0.857 bits per heavy atom. The minimum Gasteiger partial charge on any atom is -0.457 e. The van der Waals surface area contributed by atoms with Crippen LogP contribution in [0.15, 0.2) is 65.9 Å². The normalized spacial score (nSPS) is 12.1. The molecule has 0 atom stereocenters. The van der Waals surface area contributed by atoms with Gasteiger partial charge in [0.25, 0.3) is 0 Å². The van der Waals surface area contributed by atoms with Gasteiger partial charge in [0.1, 0.15) is 23.4 Å². The smallest absolute Gasteiger partial charge is 0.410 e. The Balaban J connectivity index is 2.31. The number of rotatable bonds is 13. The van der Waals surface area contributed by atoms with Crippen molar-refractivity contribution in [3.63, 3.8) is 0 Å². The van der Waals surface area contributed by atoms with Gasteiger partial charge in [0.15, 0.2) is 5.78 Å². The summed E-state index contributed by atoms with van der Waals surface area (Å²) in [7, 11) is 3.17. The van der Waals surface area contributed by atoms with Crippen molar-refractivity contribution in [2.45, 2.75) is 86.0 Å². The molecule has 2 aromatic rings. The maximum Gasteiger partial charge on any atom is 0.410 e. The number of carbonyl (C=O) groups is 5. The summed E-state index contributed by atoms with van der Waals surface area (Å²) in [5, 5.41) is 5.25. The summed E-state index contributed by atoms with van der Waals surface area (Å²) in [4.78, 5) is 67.1. The summed E-state index contributed by atoms with van der Waals surface area (Å²) in [5.41, 5.74) is 0.343. The van der Waals surface area contributed by atoms with Crippen LogP contribution in [0.25, 0.3) is 0 Å². The molecule has 0 saturated heterocycles. The number of ether oxygens (including phenoxy) is 2. The maximum absolute atomic E-state index is 15.1. The van der Waals surface area contributed by atoms with Crippen LogP contribution in [-0.4, -0.2) is 66.4 Å². The van der Waals surface area contributed by atoms with Crippen LogP contribution < -0.4 is 15.5 Å². The predicted molar refractivity (Wildman–Crippen MR) is 188 cm³/mol. The molecule has 11 nitrogen and oxygen atoms in total. The molecule has 0 aliphatic heterocycles. The van der Waals surface area contributed by atoms with E-state index < -0.39 is 53.1 Å². The molecule has 0 spiro atoms. The molecule has 12 heteroatoms. The molecule has 0 aliphatic carbocycles. The summed E-state index contributed by atoms with van der Waals surface area (Å²) in [6.45, 7) is 13.9. The third-order valence-corrected chi connectivity index (χ3v) is 6.66. The Morgan fingerprint density at radius 3 is 2.06 bits per heavy atom. The monoisotopic (exact) mass is 680 g/mol. The van der Waals surface area contributed by atoms with E-state index in [4.69, 9.17) is 9.47 Å². The molecule has 0 bridgehead atoms. The van der Waals surface area contributed by atoms with Crippen molar-refractivity contribution in [1.82, 2.24) is 10.2 Å². The van der Waals surface area contributed by atoms with Gasteiger partial charge in [0.05, 0.1) is 11.4 Å². The molecular weight excluding hydrogens is 631 g/mol. The van der Waals surface area contributed by atoms with Crippen molar-refractivity contribution < 1.29 is 37.8 Å². The number of hydrogen-bond donors (Lipinski definition) is 2. The molecule has 0 unspecified atom stereocenters. The topological polar surface area (TPSA) is 134 Å². The van der Waals surface area contributed by atoms with Gasteiger partial charge in [-0.05, 0) is 79.2 Å². The lowest BCUT2D eigenvalue weighted by molar-refractivity contribution is -0.149. The van der Waals surface area contributed by atoms with Crippen molar-refractivity contribution in [2.75, 3.05) is 30.9 Å². The fraction of sp³-hybridized carbons (Fsp3) is 0.432. The first-order valence-corrected chi connectivity index (χ1v) is 15.9. The second kappa shape index (κ2) is 17.4. The number of carbonyl (C=O) groups excluding carboxylic acids is 5. The Labute approximate surface area is 288 Å². The number of Topliss-reactive ketones (excluding diaryl/α,β-unsaturated/α-hetero) is 1. The highest BCUT2D eigenvalue weighted by atomic mass is 19.1. The number of hydrogen-bond acceptors (Lipinski definition) is 8. The first-order chi connectivity index (χ1) is 22.6. The number of nitrogens with one attached hydrogen (secondary N) is 2. The first kappa shape index (κ1) is 40.2.